The summed E-state index contributed by atoms with van der Waals surface area (Å²) in [4.78, 5) is 13.0. The number of nitrogens with zero attached hydrogens (tertiary/aromatic N) is 1. The van der Waals surface area contributed by atoms with Crippen LogP contribution in [0.2, 0.25) is 0 Å². The number of carbonyl (C=O) groups is 1. The lowest BCUT2D eigenvalue weighted by Crippen LogP contribution is -2.47. The lowest BCUT2D eigenvalue weighted by molar-refractivity contribution is 0.0938. The van der Waals surface area contributed by atoms with Gasteiger partial charge in [-0.3, -0.25) is 4.79 Å². The van der Waals surface area contributed by atoms with E-state index in [1.807, 2.05) is 36.4 Å². The molecule has 1 heterocycles. The second kappa shape index (κ2) is 12.5. The SMILES string of the molecule is CCC(CCNS(=O)(=O)N1CCCC1COC)(CNC(=O)c1ccccc1OC)c1ccccc1. The summed E-state index contributed by atoms with van der Waals surface area (Å²) in [7, 11) is -0.502. The maximum Gasteiger partial charge on any atom is 0.279 e. The van der Waals surface area contributed by atoms with Crippen molar-refractivity contribution in [1.29, 1.82) is 0 Å². The molecule has 0 aromatic heterocycles. The van der Waals surface area contributed by atoms with Crippen LogP contribution in [-0.4, -0.2) is 65.1 Å². The van der Waals surface area contributed by atoms with Crippen LogP contribution in [0.3, 0.4) is 0 Å². The predicted octanol–water partition coefficient (Wildman–Crippen LogP) is 3.11. The number of amides is 1. The molecule has 1 aliphatic heterocycles. The van der Waals surface area contributed by atoms with Gasteiger partial charge in [0.05, 0.1) is 19.3 Å². The van der Waals surface area contributed by atoms with E-state index in [4.69, 9.17) is 9.47 Å². The molecule has 1 fully saturated rings. The molecule has 0 bridgehead atoms. The van der Waals surface area contributed by atoms with Crippen LogP contribution < -0.4 is 14.8 Å². The first-order chi connectivity index (χ1) is 16.9. The van der Waals surface area contributed by atoms with E-state index in [0.29, 0.717) is 37.4 Å². The smallest absolute Gasteiger partial charge is 0.279 e. The molecule has 2 atom stereocenters. The van der Waals surface area contributed by atoms with Gasteiger partial charge in [0.2, 0.25) is 0 Å². The zero-order chi connectivity index (χ0) is 25.3. The number of ether oxygens (including phenoxy) is 2. The minimum atomic E-state index is -3.63. The molecule has 2 aromatic rings. The molecule has 2 aromatic carbocycles. The Morgan fingerprint density at radius 2 is 1.83 bits per heavy atom. The van der Waals surface area contributed by atoms with E-state index in [-0.39, 0.29) is 18.5 Å². The van der Waals surface area contributed by atoms with Crippen molar-refractivity contribution in [3.8, 4) is 5.75 Å². The Morgan fingerprint density at radius 1 is 1.11 bits per heavy atom. The maximum atomic E-state index is 13.0. The molecule has 2 unspecified atom stereocenters. The van der Waals surface area contributed by atoms with Gasteiger partial charge in [-0.05, 0) is 43.4 Å². The Kier molecular flexibility index (Phi) is 9.68. The molecule has 0 spiro atoms. The summed E-state index contributed by atoms with van der Waals surface area (Å²) in [5.41, 5.74) is 1.07. The molecular weight excluding hydrogens is 466 g/mol. The molecular formula is C26H37N3O5S. The molecule has 35 heavy (non-hydrogen) atoms. The third kappa shape index (κ3) is 6.61. The van der Waals surface area contributed by atoms with Crippen molar-refractivity contribution in [3.05, 3.63) is 65.7 Å². The van der Waals surface area contributed by atoms with Crippen molar-refractivity contribution in [2.45, 2.75) is 44.1 Å². The van der Waals surface area contributed by atoms with E-state index < -0.39 is 15.6 Å². The summed E-state index contributed by atoms with van der Waals surface area (Å²) in [6, 6.07) is 16.9. The van der Waals surface area contributed by atoms with Crippen molar-refractivity contribution < 1.29 is 22.7 Å². The van der Waals surface area contributed by atoms with Gasteiger partial charge in [0.1, 0.15) is 5.75 Å². The standard InChI is InChI=1S/C26H37N3O5S/c1-4-26(21-11-6-5-7-12-21,20-27-25(30)23-14-8-9-15-24(23)34-3)16-17-28-35(31,32)29-18-10-13-22(29)19-33-2/h5-9,11-12,14-15,22,28H,4,10,13,16-20H2,1-3H3,(H,27,30). The third-order valence-electron chi connectivity index (χ3n) is 6.88. The van der Waals surface area contributed by atoms with Gasteiger partial charge in [-0.15, -0.1) is 0 Å². The summed E-state index contributed by atoms with van der Waals surface area (Å²) in [5.74, 6) is 0.284. The summed E-state index contributed by atoms with van der Waals surface area (Å²) in [5, 5.41) is 3.07. The first kappa shape index (κ1) is 27.1. The summed E-state index contributed by atoms with van der Waals surface area (Å²) in [6.45, 7) is 3.56. The Morgan fingerprint density at radius 3 is 2.51 bits per heavy atom. The van der Waals surface area contributed by atoms with Crippen molar-refractivity contribution in [2.75, 3.05) is 40.5 Å². The number of para-hydroxylation sites is 1. The molecule has 8 nitrogen and oxygen atoms in total. The lowest BCUT2D eigenvalue weighted by atomic mass is 9.75. The van der Waals surface area contributed by atoms with E-state index in [2.05, 4.69) is 17.0 Å². The highest BCUT2D eigenvalue weighted by atomic mass is 32.2. The Balaban J connectivity index is 1.74. The van der Waals surface area contributed by atoms with Crippen LogP contribution in [0, 0.1) is 0 Å². The van der Waals surface area contributed by atoms with Crippen molar-refractivity contribution in [2.24, 2.45) is 0 Å². The van der Waals surface area contributed by atoms with E-state index in [0.717, 1.165) is 24.8 Å². The van der Waals surface area contributed by atoms with Gasteiger partial charge in [0, 0.05) is 38.2 Å². The molecule has 9 heteroatoms. The number of hydrogen-bond donors (Lipinski definition) is 2. The van der Waals surface area contributed by atoms with Crippen molar-refractivity contribution in [1.82, 2.24) is 14.3 Å². The number of methoxy groups -OCH3 is 2. The lowest BCUT2D eigenvalue weighted by Gasteiger charge is -2.34. The number of benzene rings is 2. The van der Waals surface area contributed by atoms with Crippen molar-refractivity contribution in [3.63, 3.8) is 0 Å². The van der Waals surface area contributed by atoms with E-state index in [1.54, 1.807) is 25.3 Å². The predicted molar refractivity (Wildman–Crippen MR) is 137 cm³/mol. The summed E-state index contributed by atoms with van der Waals surface area (Å²) >= 11 is 0. The minimum Gasteiger partial charge on any atom is -0.496 e. The second-order valence-electron chi connectivity index (χ2n) is 8.89. The van der Waals surface area contributed by atoms with Crippen LogP contribution >= 0.6 is 0 Å². The summed E-state index contributed by atoms with van der Waals surface area (Å²) < 4.78 is 40.9. The molecule has 0 saturated carbocycles. The van der Waals surface area contributed by atoms with Gasteiger partial charge in [0.15, 0.2) is 0 Å². The Bertz CT molecular complexity index is 1060. The number of carbonyl (C=O) groups excluding carboxylic acids is 1. The van der Waals surface area contributed by atoms with Gasteiger partial charge in [-0.1, -0.05) is 49.4 Å². The van der Waals surface area contributed by atoms with Gasteiger partial charge < -0.3 is 14.8 Å². The summed E-state index contributed by atoms with van der Waals surface area (Å²) in [6.07, 6.45) is 2.88. The van der Waals surface area contributed by atoms with Gasteiger partial charge in [0.25, 0.3) is 16.1 Å². The van der Waals surface area contributed by atoms with Crippen molar-refractivity contribution >= 4 is 16.1 Å². The van der Waals surface area contributed by atoms with Crippen LogP contribution in [-0.2, 0) is 20.4 Å². The topological polar surface area (TPSA) is 97.0 Å². The number of rotatable bonds is 13. The molecule has 192 valence electrons. The van der Waals surface area contributed by atoms with E-state index >= 15 is 0 Å². The first-order valence-electron chi connectivity index (χ1n) is 12.1. The molecule has 1 aliphatic rings. The quantitative estimate of drug-likeness (QED) is 0.438. The largest absolute Gasteiger partial charge is 0.496 e. The highest BCUT2D eigenvalue weighted by Crippen LogP contribution is 2.32. The molecule has 1 amide bonds. The fraction of sp³-hybridized carbons (Fsp3) is 0.500. The van der Waals surface area contributed by atoms with Crippen LogP contribution in [0.25, 0.3) is 0 Å². The maximum absolute atomic E-state index is 13.0. The molecule has 0 radical (unpaired) electrons. The monoisotopic (exact) mass is 503 g/mol. The highest BCUT2D eigenvalue weighted by Gasteiger charge is 2.36. The average Bonchev–Trinajstić information content (AvgIpc) is 3.36. The molecule has 3 rings (SSSR count). The second-order valence-corrected chi connectivity index (χ2v) is 10.6. The Hall–Kier alpha value is -2.46. The Labute approximate surface area is 209 Å². The zero-order valence-corrected chi connectivity index (χ0v) is 21.6. The molecule has 0 aliphatic carbocycles. The van der Waals surface area contributed by atoms with Gasteiger partial charge in [-0.2, -0.15) is 12.7 Å². The van der Waals surface area contributed by atoms with Crippen LogP contribution in [0.4, 0.5) is 0 Å². The van der Waals surface area contributed by atoms with E-state index in [1.165, 1.54) is 11.4 Å². The molecule has 1 saturated heterocycles. The van der Waals surface area contributed by atoms with Crippen LogP contribution in [0.1, 0.15) is 48.5 Å². The van der Waals surface area contributed by atoms with Gasteiger partial charge >= 0.3 is 0 Å². The van der Waals surface area contributed by atoms with E-state index in [9.17, 15) is 13.2 Å². The van der Waals surface area contributed by atoms with Crippen LogP contribution in [0.5, 0.6) is 5.75 Å². The average molecular weight is 504 g/mol. The van der Waals surface area contributed by atoms with Crippen LogP contribution in [0.15, 0.2) is 54.6 Å². The number of hydrogen-bond acceptors (Lipinski definition) is 5. The first-order valence-corrected chi connectivity index (χ1v) is 13.5. The minimum absolute atomic E-state index is 0.136. The van der Waals surface area contributed by atoms with Gasteiger partial charge in [-0.25, -0.2) is 4.72 Å². The fourth-order valence-electron chi connectivity index (χ4n) is 4.80. The zero-order valence-electron chi connectivity index (χ0n) is 20.8. The highest BCUT2D eigenvalue weighted by molar-refractivity contribution is 7.87. The molecule has 2 N–H and O–H groups in total. The number of nitrogens with one attached hydrogen (secondary N) is 2. The normalized spacial score (nSPS) is 18.2. The fourth-order valence-corrected chi connectivity index (χ4v) is 6.25. The third-order valence-corrected chi connectivity index (χ3v) is 8.55.